The Morgan fingerprint density at radius 3 is 2.70 bits per heavy atom. The Hall–Kier alpha value is -2.36. The third kappa shape index (κ3) is 5.42. The van der Waals surface area contributed by atoms with E-state index in [-0.39, 0.29) is 34.6 Å². The Kier molecular flexibility index (Phi) is 7.41. The SMILES string of the molecule is O=C(CN1C(=O)S/C(=C\c2cc(Br)ccc2OCc2c(F)cccc2Cl)C1=O)N1CCCC1. The van der Waals surface area contributed by atoms with Crippen LogP contribution in [0.25, 0.3) is 6.08 Å². The van der Waals surface area contributed by atoms with Crippen LogP contribution >= 0.6 is 39.3 Å². The van der Waals surface area contributed by atoms with Crippen molar-refractivity contribution in [1.82, 2.24) is 9.80 Å². The van der Waals surface area contributed by atoms with Gasteiger partial charge in [0, 0.05) is 28.7 Å². The molecule has 0 N–H and O–H groups in total. The van der Waals surface area contributed by atoms with Crippen molar-refractivity contribution in [3.05, 3.63) is 67.7 Å². The van der Waals surface area contributed by atoms with Gasteiger partial charge in [0.1, 0.15) is 24.7 Å². The number of halogens is 3. The predicted octanol–water partition coefficient (Wildman–Crippen LogP) is 5.48. The molecule has 0 unspecified atom stereocenters. The first-order chi connectivity index (χ1) is 15.8. The molecule has 0 spiro atoms. The Morgan fingerprint density at radius 2 is 1.97 bits per heavy atom. The summed E-state index contributed by atoms with van der Waals surface area (Å²) in [5, 5.41) is -0.244. The molecule has 4 rings (SSSR count). The van der Waals surface area contributed by atoms with Crippen molar-refractivity contribution in [3.63, 3.8) is 0 Å². The minimum Gasteiger partial charge on any atom is -0.488 e. The van der Waals surface area contributed by atoms with Crippen LogP contribution in [0.4, 0.5) is 9.18 Å². The second-order valence-corrected chi connectivity index (χ2v) is 9.84. The number of carbonyl (C=O) groups excluding carboxylic acids is 3. The normalized spacial score (nSPS) is 17.4. The van der Waals surface area contributed by atoms with E-state index in [9.17, 15) is 18.8 Å². The lowest BCUT2D eigenvalue weighted by atomic mass is 10.1. The zero-order valence-electron chi connectivity index (χ0n) is 17.4. The van der Waals surface area contributed by atoms with Crippen molar-refractivity contribution < 1.29 is 23.5 Å². The van der Waals surface area contributed by atoms with Crippen molar-refractivity contribution in [2.75, 3.05) is 19.6 Å². The first kappa shape index (κ1) is 23.8. The van der Waals surface area contributed by atoms with Gasteiger partial charge in [0.2, 0.25) is 5.91 Å². The fourth-order valence-electron chi connectivity index (χ4n) is 3.56. The fourth-order valence-corrected chi connectivity index (χ4v) is 4.99. The van der Waals surface area contributed by atoms with E-state index >= 15 is 0 Å². The highest BCUT2D eigenvalue weighted by atomic mass is 79.9. The summed E-state index contributed by atoms with van der Waals surface area (Å²) in [7, 11) is 0. The van der Waals surface area contributed by atoms with Crippen LogP contribution in [0.2, 0.25) is 5.02 Å². The number of hydrogen-bond acceptors (Lipinski definition) is 5. The van der Waals surface area contributed by atoms with Crippen molar-refractivity contribution >= 4 is 62.4 Å². The van der Waals surface area contributed by atoms with Gasteiger partial charge in [-0.15, -0.1) is 0 Å². The average Bonchev–Trinajstić information content (AvgIpc) is 3.40. The number of rotatable bonds is 6. The fraction of sp³-hybridized carbons (Fsp3) is 0.261. The van der Waals surface area contributed by atoms with Gasteiger partial charge in [-0.05, 0) is 61.0 Å². The molecule has 6 nitrogen and oxygen atoms in total. The van der Waals surface area contributed by atoms with Gasteiger partial charge in [0.25, 0.3) is 11.1 Å². The van der Waals surface area contributed by atoms with E-state index in [1.54, 1.807) is 29.2 Å². The van der Waals surface area contributed by atoms with E-state index < -0.39 is 17.0 Å². The minimum absolute atomic E-state index is 0.111. The minimum atomic E-state index is -0.527. The van der Waals surface area contributed by atoms with Crippen LogP contribution in [0.3, 0.4) is 0 Å². The predicted molar refractivity (Wildman–Crippen MR) is 128 cm³/mol. The lowest BCUT2D eigenvalue weighted by Crippen LogP contribution is -2.40. The van der Waals surface area contributed by atoms with Crippen molar-refractivity contribution in [2.45, 2.75) is 19.4 Å². The van der Waals surface area contributed by atoms with Crippen molar-refractivity contribution in [1.29, 1.82) is 0 Å². The van der Waals surface area contributed by atoms with E-state index in [1.165, 1.54) is 18.2 Å². The molecule has 2 saturated heterocycles. The molecule has 0 atom stereocenters. The molecule has 0 radical (unpaired) electrons. The van der Waals surface area contributed by atoms with Crippen LogP contribution in [0.15, 0.2) is 45.8 Å². The van der Waals surface area contributed by atoms with Gasteiger partial charge in [-0.25, -0.2) is 4.39 Å². The summed E-state index contributed by atoms with van der Waals surface area (Å²) in [5.41, 5.74) is 0.738. The zero-order chi connectivity index (χ0) is 23.5. The first-order valence-electron chi connectivity index (χ1n) is 10.2. The third-order valence-corrected chi connectivity index (χ3v) is 7.07. The van der Waals surface area contributed by atoms with E-state index in [1.807, 2.05) is 0 Å². The van der Waals surface area contributed by atoms with Crippen LogP contribution in [-0.2, 0) is 16.2 Å². The van der Waals surface area contributed by atoms with E-state index in [2.05, 4.69) is 15.9 Å². The Morgan fingerprint density at radius 1 is 1.21 bits per heavy atom. The number of amides is 3. The second-order valence-electron chi connectivity index (χ2n) is 7.53. The maximum Gasteiger partial charge on any atom is 0.294 e. The third-order valence-electron chi connectivity index (χ3n) is 5.32. The number of thioether (sulfide) groups is 1. The van der Waals surface area contributed by atoms with Gasteiger partial charge in [-0.2, -0.15) is 0 Å². The summed E-state index contributed by atoms with van der Waals surface area (Å²) in [6.07, 6.45) is 3.39. The molecule has 10 heteroatoms. The summed E-state index contributed by atoms with van der Waals surface area (Å²) in [6.45, 7) is 0.917. The lowest BCUT2D eigenvalue weighted by molar-refractivity contribution is -0.135. The van der Waals surface area contributed by atoms with Gasteiger partial charge in [0.15, 0.2) is 0 Å². The van der Waals surface area contributed by atoms with Gasteiger partial charge in [0.05, 0.1) is 9.93 Å². The number of likely N-dealkylation sites (tertiary alicyclic amines) is 1. The van der Waals surface area contributed by atoms with Crippen LogP contribution in [0.5, 0.6) is 5.75 Å². The smallest absolute Gasteiger partial charge is 0.294 e. The number of nitrogens with zero attached hydrogens (tertiary/aromatic N) is 2. The summed E-state index contributed by atoms with van der Waals surface area (Å²) in [4.78, 5) is 40.5. The largest absolute Gasteiger partial charge is 0.488 e. The van der Waals surface area contributed by atoms with Crippen LogP contribution < -0.4 is 4.74 Å². The van der Waals surface area contributed by atoms with Crippen molar-refractivity contribution in [2.24, 2.45) is 0 Å². The molecule has 0 bridgehead atoms. The molecule has 2 aliphatic rings. The second kappa shape index (κ2) is 10.3. The lowest BCUT2D eigenvalue weighted by Gasteiger charge is -2.18. The van der Waals surface area contributed by atoms with E-state index in [0.717, 1.165) is 34.0 Å². The highest BCUT2D eigenvalue weighted by Crippen LogP contribution is 2.35. The molecule has 2 aromatic rings. The monoisotopic (exact) mass is 552 g/mol. The van der Waals surface area contributed by atoms with Gasteiger partial charge in [-0.3, -0.25) is 19.3 Å². The quantitative estimate of drug-likeness (QED) is 0.443. The molecule has 2 fully saturated rings. The van der Waals surface area contributed by atoms with E-state index in [0.29, 0.717) is 24.4 Å². The zero-order valence-corrected chi connectivity index (χ0v) is 20.5. The van der Waals surface area contributed by atoms with E-state index in [4.69, 9.17) is 16.3 Å². The summed E-state index contributed by atoms with van der Waals surface area (Å²) in [5.74, 6) is -0.854. The summed E-state index contributed by atoms with van der Waals surface area (Å²) >= 11 is 10.2. The topological polar surface area (TPSA) is 66.9 Å². The van der Waals surface area contributed by atoms with Crippen LogP contribution in [0, 0.1) is 5.82 Å². The Bertz CT molecular complexity index is 1130. The molecule has 0 aromatic heterocycles. The Balaban J connectivity index is 1.53. The number of benzene rings is 2. The highest BCUT2D eigenvalue weighted by Gasteiger charge is 2.37. The maximum atomic E-state index is 14.1. The van der Waals surface area contributed by atoms with Gasteiger partial charge < -0.3 is 9.64 Å². The van der Waals surface area contributed by atoms with Crippen LogP contribution in [-0.4, -0.2) is 46.5 Å². The number of ether oxygens (including phenoxy) is 1. The summed E-state index contributed by atoms with van der Waals surface area (Å²) < 4.78 is 20.6. The molecule has 33 heavy (non-hydrogen) atoms. The first-order valence-corrected chi connectivity index (χ1v) is 12.2. The molecule has 2 aromatic carbocycles. The molecule has 3 amide bonds. The average molecular weight is 554 g/mol. The molecule has 2 aliphatic heterocycles. The molecule has 0 aliphatic carbocycles. The summed E-state index contributed by atoms with van der Waals surface area (Å²) in [6, 6.07) is 9.53. The van der Waals surface area contributed by atoms with Gasteiger partial charge >= 0.3 is 0 Å². The molecular formula is C23H19BrClFN2O4S. The molecular weight excluding hydrogens is 535 g/mol. The van der Waals surface area contributed by atoms with Crippen LogP contribution in [0.1, 0.15) is 24.0 Å². The highest BCUT2D eigenvalue weighted by molar-refractivity contribution is 9.10. The van der Waals surface area contributed by atoms with Crippen molar-refractivity contribution in [3.8, 4) is 5.75 Å². The maximum absolute atomic E-state index is 14.1. The number of carbonyl (C=O) groups is 3. The molecule has 0 saturated carbocycles. The standard InChI is InChI=1S/C23H19BrClFN2O4S/c24-15-6-7-19(32-13-16-17(25)4-3-5-18(16)26)14(10-15)11-20-22(30)28(23(31)33-20)12-21(29)27-8-1-2-9-27/h3-7,10-11H,1-2,8-9,12-13H2/b20-11-. The number of hydrogen-bond donors (Lipinski definition) is 0. The number of imide groups is 1. The molecule has 2 heterocycles. The molecule has 172 valence electrons. The Labute approximate surface area is 207 Å². The van der Waals surface area contributed by atoms with Gasteiger partial charge in [-0.1, -0.05) is 33.6 Å².